The predicted molar refractivity (Wildman–Crippen MR) is 121 cm³/mol. The number of amidine groups is 1. The van der Waals surface area contributed by atoms with Crippen molar-refractivity contribution in [2.75, 3.05) is 7.11 Å². The zero-order chi connectivity index (χ0) is 21.2. The van der Waals surface area contributed by atoms with Crippen molar-refractivity contribution in [2.24, 2.45) is 15.9 Å². The quantitative estimate of drug-likeness (QED) is 0.315. The van der Waals surface area contributed by atoms with Crippen molar-refractivity contribution >= 4 is 23.1 Å². The number of nitrogens with two attached hydrogens (primary N) is 1. The van der Waals surface area contributed by atoms with Crippen molar-refractivity contribution in [3.05, 3.63) is 95.3 Å². The van der Waals surface area contributed by atoms with E-state index in [0.29, 0.717) is 16.7 Å². The first-order valence-electron chi connectivity index (χ1n) is 9.22. The van der Waals surface area contributed by atoms with Gasteiger partial charge in [0.15, 0.2) is 5.17 Å². The van der Waals surface area contributed by atoms with Gasteiger partial charge in [0.1, 0.15) is 23.9 Å². The Hall–Kier alpha value is -3.32. The molecule has 0 saturated carbocycles. The molecule has 0 heterocycles. The molecule has 3 rings (SSSR count). The molecule has 3 aromatic carbocycles. The van der Waals surface area contributed by atoms with Crippen molar-refractivity contribution in [3.63, 3.8) is 0 Å². The van der Waals surface area contributed by atoms with E-state index in [1.807, 2.05) is 48.5 Å². The van der Waals surface area contributed by atoms with E-state index in [0.717, 1.165) is 16.9 Å². The molecule has 0 saturated heterocycles. The minimum absolute atomic E-state index is 0.273. The van der Waals surface area contributed by atoms with E-state index in [9.17, 15) is 4.39 Å². The van der Waals surface area contributed by atoms with Gasteiger partial charge in [0.05, 0.1) is 13.3 Å². The first kappa shape index (κ1) is 21.4. The van der Waals surface area contributed by atoms with E-state index in [-0.39, 0.29) is 12.4 Å². The lowest BCUT2D eigenvalue weighted by molar-refractivity contribution is 0.296. The molecule has 30 heavy (non-hydrogen) atoms. The van der Waals surface area contributed by atoms with Crippen LogP contribution in [0.3, 0.4) is 0 Å². The Balaban J connectivity index is 1.61. The number of benzene rings is 3. The van der Waals surface area contributed by atoms with Crippen LogP contribution in [0, 0.1) is 5.82 Å². The number of ether oxygens (including phenoxy) is 2. The van der Waals surface area contributed by atoms with Crippen LogP contribution in [0.1, 0.15) is 16.7 Å². The molecule has 0 bridgehead atoms. The van der Waals surface area contributed by atoms with E-state index >= 15 is 0 Å². The van der Waals surface area contributed by atoms with Crippen LogP contribution in [-0.2, 0) is 12.4 Å². The molecule has 2 N–H and O–H groups in total. The first-order chi connectivity index (χ1) is 14.6. The molecule has 0 amide bonds. The van der Waals surface area contributed by atoms with Crippen molar-refractivity contribution in [1.82, 2.24) is 0 Å². The molecule has 5 nitrogen and oxygen atoms in total. The van der Waals surface area contributed by atoms with Gasteiger partial charge in [-0.1, -0.05) is 42.1 Å². The average molecular weight is 424 g/mol. The summed E-state index contributed by atoms with van der Waals surface area (Å²) in [6.07, 6.45) is 1.62. The fourth-order valence-electron chi connectivity index (χ4n) is 2.60. The number of rotatable bonds is 8. The highest BCUT2D eigenvalue weighted by Crippen LogP contribution is 2.22. The number of nitrogens with zero attached hydrogens (tertiary/aromatic N) is 2. The molecule has 0 aliphatic rings. The van der Waals surface area contributed by atoms with Crippen LogP contribution in [0.4, 0.5) is 4.39 Å². The lowest BCUT2D eigenvalue weighted by atomic mass is 10.1. The van der Waals surface area contributed by atoms with Crippen LogP contribution in [0.5, 0.6) is 11.5 Å². The second-order valence-electron chi connectivity index (χ2n) is 6.27. The second-order valence-corrected chi connectivity index (χ2v) is 7.27. The van der Waals surface area contributed by atoms with E-state index in [1.165, 1.54) is 29.5 Å². The van der Waals surface area contributed by atoms with Gasteiger partial charge in [-0.25, -0.2) is 4.39 Å². The molecule has 3 aromatic rings. The molecular weight excluding hydrogens is 401 g/mol. The number of methoxy groups -OCH3 is 1. The summed E-state index contributed by atoms with van der Waals surface area (Å²) in [6.45, 7) is 0.273. The lowest BCUT2D eigenvalue weighted by Gasteiger charge is -2.11. The summed E-state index contributed by atoms with van der Waals surface area (Å²) in [5.74, 6) is 1.69. The van der Waals surface area contributed by atoms with Gasteiger partial charge in [-0.15, -0.1) is 5.10 Å². The third-order valence-corrected chi connectivity index (χ3v) is 4.96. The van der Waals surface area contributed by atoms with E-state index in [4.69, 9.17) is 15.2 Å². The highest BCUT2D eigenvalue weighted by Gasteiger charge is 2.06. The Bertz CT molecular complexity index is 1010. The zero-order valence-electron chi connectivity index (χ0n) is 16.5. The van der Waals surface area contributed by atoms with E-state index < -0.39 is 0 Å². The maximum atomic E-state index is 13.0. The molecular formula is C23H22FN3O2S. The molecule has 0 aliphatic heterocycles. The Morgan fingerprint density at radius 2 is 1.83 bits per heavy atom. The Kier molecular flexibility index (Phi) is 7.86. The van der Waals surface area contributed by atoms with Gasteiger partial charge in [-0.3, -0.25) is 0 Å². The van der Waals surface area contributed by atoms with E-state index in [1.54, 1.807) is 25.5 Å². The molecule has 154 valence electrons. The second kappa shape index (κ2) is 11.0. The molecule has 0 atom stereocenters. The van der Waals surface area contributed by atoms with Gasteiger partial charge in [0.2, 0.25) is 0 Å². The van der Waals surface area contributed by atoms with Gasteiger partial charge in [0, 0.05) is 11.3 Å². The monoisotopic (exact) mass is 423 g/mol. The van der Waals surface area contributed by atoms with Gasteiger partial charge >= 0.3 is 0 Å². The number of hydrogen-bond donors (Lipinski definition) is 1. The summed E-state index contributed by atoms with van der Waals surface area (Å²) >= 11 is 1.43. The topological polar surface area (TPSA) is 69.2 Å². The van der Waals surface area contributed by atoms with Gasteiger partial charge < -0.3 is 15.2 Å². The fraction of sp³-hybridized carbons (Fsp3) is 0.130. The third kappa shape index (κ3) is 6.63. The van der Waals surface area contributed by atoms with Crippen LogP contribution < -0.4 is 15.2 Å². The highest BCUT2D eigenvalue weighted by molar-refractivity contribution is 8.13. The zero-order valence-corrected chi connectivity index (χ0v) is 17.3. The number of thioether (sulfide) groups is 1. The van der Waals surface area contributed by atoms with Gasteiger partial charge in [-0.05, 0) is 53.6 Å². The van der Waals surface area contributed by atoms with Crippen molar-refractivity contribution in [3.8, 4) is 11.5 Å². The largest absolute Gasteiger partial charge is 0.496 e. The van der Waals surface area contributed by atoms with E-state index in [2.05, 4.69) is 10.2 Å². The minimum Gasteiger partial charge on any atom is -0.496 e. The maximum absolute atomic E-state index is 13.0. The van der Waals surface area contributed by atoms with Gasteiger partial charge in [0.25, 0.3) is 0 Å². The van der Waals surface area contributed by atoms with Crippen LogP contribution in [-0.4, -0.2) is 18.5 Å². The summed E-state index contributed by atoms with van der Waals surface area (Å²) in [7, 11) is 1.60. The Morgan fingerprint density at radius 3 is 2.57 bits per heavy atom. The van der Waals surface area contributed by atoms with Crippen LogP contribution in [0.2, 0.25) is 0 Å². The molecule has 0 aromatic heterocycles. The normalized spacial score (nSPS) is 11.6. The molecule has 0 aliphatic carbocycles. The smallest absolute Gasteiger partial charge is 0.180 e. The molecule has 0 fully saturated rings. The summed E-state index contributed by atoms with van der Waals surface area (Å²) < 4.78 is 24.1. The standard InChI is InChI=1S/C23H22FN3O2S/c1-28-22-12-7-18(13-19(22)15-29-21-10-8-20(24)9-11-21)14-26-27-23(25)30-16-17-5-3-2-4-6-17/h2-14H,15-16H2,1H3,(H2,25,27). The predicted octanol–water partition coefficient (Wildman–Crippen LogP) is 5.00. The molecule has 0 spiro atoms. The highest BCUT2D eigenvalue weighted by atomic mass is 32.2. The molecule has 7 heteroatoms. The Labute approximate surface area is 179 Å². The third-order valence-electron chi connectivity index (χ3n) is 4.11. The van der Waals surface area contributed by atoms with Crippen molar-refractivity contribution in [2.45, 2.75) is 12.4 Å². The molecule has 0 radical (unpaired) electrons. The number of halogens is 1. The SMILES string of the molecule is COc1ccc(C=NN=C(N)SCc2ccccc2)cc1COc1ccc(F)cc1. The average Bonchev–Trinajstić information content (AvgIpc) is 2.78. The minimum atomic E-state index is -0.306. The first-order valence-corrected chi connectivity index (χ1v) is 10.2. The Morgan fingerprint density at radius 1 is 1.07 bits per heavy atom. The number of hydrogen-bond acceptors (Lipinski definition) is 5. The van der Waals surface area contributed by atoms with Crippen molar-refractivity contribution < 1.29 is 13.9 Å². The summed E-state index contributed by atoms with van der Waals surface area (Å²) in [5, 5.41) is 8.50. The fourth-order valence-corrected chi connectivity index (χ4v) is 3.21. The van der Waals surface area contributed by atoms with Crippen LogP contribution in [0.15, 0.2) is 83.0 Å². The summed E-state index contributed by atoms with van der Waals surface area (Å²) in [6, 6.07) is 21.5. The lowest BCUT2D eigenvalue weighted by Crippen LogP contribution is -2.06. The van der Waals surface area contributed by atoms with Gasteiger partial charge in [-0.2, -0.15) is 5.10 Å². The van der Waals surface area contributed by atoms with Crippen LogP contribution in [0.25, 0.3) is 0 Å². The summed E-state index contributed by atoms with van der Waals surface area (Å²) in [4.78, 5) is 0. The molecule has 0 unspecified atom stereocenters. The maximum Gasteiger partial charge on any atom is 0.180 e. The van der Waals surface area contributed by atoms with Crippen LogP contribution >= 0.6 is 11.8 Å². The van der Waals surface area contributed by atoms with Crippen molar-refractivity contribution in [1.29, 1.82) is 0 Å². The summed E-state index contributed by atoms with van der Waals surface area (Å²) in [5.41, 5.74) is 8.75.